The van der Waals surface area contributed by atoms with Gasteiger partial charge >= 0.3 is 5.97 Å². The van der Waals surface area contributed by atoms with E-state index in [-0.39, 0.29) is 0 Å². The molecule has 2 aromatic rings. The Bertz CT molecular complexity index is 669. The summed E-state index contributed by atoms with van der Waals surface area (Å²) in [6, 6.07) is 13.3. The van der Waals surface area contributed by atoms with Gasteiger partial charge in [-0.2, -0.15) is 0 Å². The van der Waals surface area contributed by atoms with Crippen LogP contribution < -0.4 is 10.1 Å². The molecule has 0 aromatic heterocycles. The number of benzene rings is 2. The molecule has 0 saturated heterocycles. The number of aliphatic hydroxyl groups is 1. The monoisotopic (exact) mass is 285 g/mol. The molecule has 0 saturated carbocycles. The number of anilines is 1. The molecule has 0 amide bonds. The number of nitrogens with one attached hydrogen (secondary N) is 1. The van der Waals surface area contributed by atoms with E-state index < -0.39 is 12.4 Å². The zero-order valence-corrected chi connectivity index (χ0v) is 11.5. The average Bonchev–Trinajstić information content (AvgIpc) is 2.48. The zero-order chi connectivity index (χ0) is 14.8. The van der Waals surface area contributed by atoms with Crippen molar-refractivity contribution < 1.29 is 19.4 Å². The molecule has 1 aliphatic rings. The highest BCUT2D eigenvalue weighted by molar-refractivity contribution is 5.99. The molecule has 21 heavy (non-hydrogen) atoms. The third kappa shape index (κ3) is 2.55. The number of carbonyl (C=O) groups is 1. The van der Waals surface area contributed by atoms with Crippen LogP contribution in [0.5, 0.6) is 5.75 Å². The van der Waals surface area contributed by atoms with Gasteiger partial charge < -0.3 is 19.9 Å². The van der Waals surface area contributed by atoms with Crippen molar-refractivity contribution in [1.29, 1.82) is 0 Å². The first-order valence-electron chi connectivity index (χ1n) is 6.58. The first kappa shape index (κ1) is 13.5. The second-order valence-electron chi connectivity index (χ2n) is 4.73. The van der Waals surface area contributed by atoms with Crippen molar-refractivity contribution in [2.45, 2.75) is 12.8 Å². The molecular formula is C16H15NO4. The molecule has 0 aliphatic carbocycles. The maximum absolute atomic E-state index is 12.1. The molecular weight excluding hydrogens is 270 g/mol. The van der Waals surface area contributed by atoms with E-state index in [9.17, 15) is 9.90 Å². The van der Waals surface area contributed by atoms with Crippen LogP contribution in [0.4, 0.5) is 5.69 Å². The summed E-state index contributed by atoms with van der Waals surface area (Å²) < 4.78 is 10.2. The van der Waals surface area contributed by atoms with E-state index in [1.807, 2.05) is 30.3 Å². The van der Waals surface area contributed by atoms with Gasteiger partial charge in [0.15, 0.2) is 0 Å². The number of carbonyl (C=O) groups excluding carboxylic acids is 1. The van der Waals surface area contributed by atoms with Crippen LogP contribution >= 0.6 is 0 Å². The van der Waals surface area contributed by atoms with Gasteiger partial charge in [0.1, 0.15) is 5.75 Å². The Kier molecular flexibility index (Phi) is 3.50. The third-order valence-electron chi connectivity index (χ3n) is 3.42. The standard InChI is InChI=1S/C16H15NO4/c1-20-13-8-7-12-14(15(18)21-16(19)17-12)11(13)9-10-5-3-2-4-6-10/h2-8,16-17,19H,9H2,1H3. The highest BCUT2D eigenvalue weighted by atomic mass is 16.7. The summed E-state index contributed by atoms with van der Waals surface area (Å²) >= 11 is 0. The van der Waals surface area contributed by atoms with E-state index in [1.165, 1.54) is 0 Å². The van der Waals surface area contributed by atoms with Crippen LogP contribution in [0.25, 0.3) is 0 Å². The summed E-state index contributed by atoms with van der Waals surface area (Å²) in [6.45, 7) is 0. The lowest BCUT2D eigenvalue weighted by molar-refractivity contribution is -0.0503. The van der Waals surface area contributed by atoms with Crippen molar-refractivity contribution in [2.24, 2.45) is 0 Å². The van der Waals surface area contributed by atoms with E-state index in [0.717, 1.165) is 11.1 Å². The minimum absolute atomic E-state index is 0.406. The molecule has 1 atom stereocenters. The highest BCUT2D eigenvalue weighted by Gasteiger charge is 2.28. The SMILES string of the molecule is COc1ccc2c(c1Cc1ccccc1)C(=O)OC(O)N2. The second kappa shape index (κ2) is 5.46. The predicted molar refractivity (Wildman–Crippen MR) is 77.3 cm³/mol. The third-order valence-corrected chi connectivity index (χ3v) is 3.42. The number of esters is 1. The summed E-state index contributed by atoms with van der Waals surface area (Å²) in [4.78, 5) is 12.1. The number of fused-ring (bicyclic) bond motifs is 1. The number of cyclic esters (lactones) is 1. The molecule has 0 radical (unpaired) electrons. The van der Waals surface area contributed by atoms with Gasteiger partial charge in [-0.25, -0.2) is 4.79 Å². The zero-order valence-electron chi connectivity index (χ0n) is 11.5. The molecule has 3 rings (SSSR count). The molecule has 0 spiro atoms. The summed E-state index contributed by atoms with van der Waals surface area (Å²) in [7, 11) is 1.56. The van der Waals surface area contributed by atoms with Crippen LogP contribution in [-0.2, 0) is 11.2 Å². The topological polar surface area (TPSA) is 67.8 Å². The number of rotatable bonds is 3. The fourth-order valence-electron chi connectivity index (χ4n) is 2.47. The molecule has 5 heteroatoms. The Morgan fingerprint density at radius 2 is 2.00 bits per heavy atom. The van der Waals surface area contributed by atoms with Crippen molar-refractivity contribution in [3.05, 3.63) is 59.2 Å². The van der Waals surface area contributed by atoms with Crippen molar-refractivity contribution in [1.82, 2.24) is 0 Å². The normalized spacial score (nSPS) is 16.7. The molecule has 2 N–H and O–H groups in total. The Labute approximate surface area is 122 Å². The van der Waals surface area contributed by atoms with Gasteiger partial charge in [0.05, 0.1) is 18.4 Å². The van der Waals surface area contributed by atoms with Crippen molar-refractivity contribution in [3.63, 3.8) is 0 Å². The molecule has 0 bridgehead atoms. The number of methoxy groups -OCH3 is 1. The van der Waals surface area contributed by atoms with E-state index >= 15 is 0 Å². The van der Waals surface area contributed by atoms with Crippen LogP contribution in [0, 0.1) is 0 Å². The Hall–Kier alpha value is -2.53. The summed E-state index contributed by atoms with van der Waals surface area (Å²) in [5.74, 6) is 0.0637. The van der Waals surface area contributed by atoms with Gasteiger partial charge in [-0.05, 0) is 17.7 Å². The van der Waals surface area contributed by atoms with Crippen LogP contribution in [0.1, 0.15) is 21.5 Å². The van der Waals surface area contributed by atoms with Gasteiger partial charge in [0.2, 0.25) is 0 Å². The van der Waals surface area contributed by atoms with Gasteiger partial charge in [0, 0.05) is 12.0 Å². The number of ether oxygens (including phenoxy) is 2. The number of aliphatic hydroxyl groups excluding tert-OH is 1. The largest absolute Gasteiger partial charge is 0.496 e. The van der Waals surface area contributed by atoms with Gasteiger partial charge in [-0.3, -0.25) is 0 Å². The maximum Gasteiger partial charge on any atom is 0.344 e. The van der Waals surface area contributed by atoms with Crippen molar-refractivity contribution in [2.75, 3.05) is 12.4 Å². The minimum Gasteiger partial charge on any atom is -0.496 e. The molecule has 2 aromatic carbocycles. The lowest BCUT2D eigenvalue weighted by Crippen LogP contribution is -2.32. The molecule has 5 nitrogen and oxygen atoms in total. The fourth-order valence-corrected chi connectivity index (χ4v) is 2.47. The lowest BCUT2D eigenvalue weighted by atomic mass is 9.96. The Morgan fingerprint density at radius 3 is 2.71 bits per heavy atom. The predicted octanol–water partition coefficient (Wildman–Crippen LogP) is 2.14. The lowest BCUT2D eigenvalue weighted by Gasteiger charge is -2.25. The van der Waals surface area contributed by atoms with Gasteiger partial charge in [-0.15, -0.1) is 0 Å². The quantitative estimate of drug-likeness (QED) is 0.846. The van der Waals surface area contributed by atoms with E-state index in [4.69, 9.17) is 9.47 Å². The first-order chi connectivity index (χ1) is 10.2. The van der Waals surface area contributed by atoms with Gasteiger partial charge in [0.25, 0.3) is 6.41 Å². The molecule has 1 unspecified atom stereocenters. The van der Waals surface area contributed by atoms with E-state index in [0.29, 0.717) is 23.4 Å². The van der Waals surface area contributed by atoms with Crippen LogP contribution in [0.3, 0.4) is 0 Å². The first-order valence-corrected chi connectivity index (χ1v) is 6.58. The maximum atomic E-state index is 12.1. The smallest absolute Gasteiger partial charge is 0.344 e. The van der Waals surface area contributed by atoms with Crippen LogP contribution in [-0.4, -0.2) is 24.6 Å². The van der Waals surface area contributed by atoms with Crippen LogP contribution in [0.2, 0.25) is 0 Å². The summed E-state index contributed by atoms with van der Waals surface area (Å²) in [6.07, 6.45) is -0.775. The molecule has 0 fully saturated rings. The Morgan fingerprint density at radius 1 is 1.24 bits per heavy atom. The molecule has 1 aliphatic heterocycles. The Balaban J connectivity index is 2.09. The number of hydrogen-bond donors (Lipinski definition) is 2. The number of hydrogen-bond acceptors (Lipinski definition) is 5. The average molecular weight is 285 g/mol. The fraction of sp³-hybridized carbons (Fsp3) is 0.188. The van der Waals surface area contributed by atoms with Crippen LogP contribution in [0.15, 0.2) is 42.5 Å². The van der Waals surface area contributed by atoms with Crippen molar-refractivity contribution >= 4 is 11.7 Å². The molecule has 1 heterocycles. The summed E-state index contributed by atoms with van der Waals surface area (Å²) in [5, 5.41) is 12.2. The molecule has 108 valence electrons. The highest BCUT2D eigenvalue weighted by Crippen LogP contribution is 2.34. The van der Waals surface area contributed by atoms with Crippen molar-refractivity contribution in [3.8, 4) is 5.75 Å². The second-order valence-corrected chi connectivity index (χ2v) is 4.73. The van der Waals surface area contributed by atoms with E-state index in [2.05, 4.69) is 5.32 Å². The minimum atomic E-state index is -1.32. The van der Waals surface area contributed by atoms with Gasteiger partial charge in [-0.1, -0.05) is 30.3 Å². The van der Waals surface area contributed by atoms with E-state index in [1.54, 1.807) is 19.2 Å². The summed E-state index contributed by atoms with van der Waals surface area (Å²) in [5.41, 5.74) is 2.75.